The van der Waals surface area contributed by atoms with Gasteiger partial charge in [0.2, 0.25) is 0 Å². The van der Waals surface area contributed by atoms with Crippen molar-refractivity contribution in [3.8, 4) is 17.9 Å². The second-order valence-electron chi connectivity index (χ2n) is 5.03. The number of halogens is 2. The highest BCUT2D eigenvalue weighted by molar-refractivity contribution is 6.31. The first-order chi connectivity index (χ1) is 12.6. The van der Waals surface area contributed by atoms with Gasteiger partial charge in [-0.15, -0.1) is 0 Å². The van der Waals surface area contributed by atoms with E-state index in [0.29, 0.717) is 5.75 Å². The number of nitrogens with zero attached hydrogens (tertiary/aromatic N) is 3. The summed E-state index contributed by atoms with van der Waals surface area (Å²) in [6.07, 6.45) is 1.45. The van der Waals surface area contributed by atoms with Crippen molar-refractivity contribution < 1.29 is 9.13 Å². The number of ether oxygens (including phenoxy) is 1. The Labute approximate surface area is 155 Å². The number of hydrogen-bond acceptors (Lipinski definition) is 5. The molecule has 0 spiro atoms. The van der Waals surface area contributed by atoms with E-state index in [1.54, 1.807) is 37.4 Å². The van der Waals surface area contributed by atoms with Gasteiger partial charge in [-0.2, -0.15) is 10.5 Å². The van der Waals surface area contributed by atoms with Gasteiger partial charge in [0.15, 0.2) is 11.4 Å². The van der Waals surface area contributed by atoms with E-state index in [9.17, 15) is 14.9 Å². The van der Waals surface area contributed by atoms with Gasteiger partial charge in [-0.05, 0) is 42.0 Å². The summed E-state index contributed by atoms with van der Waals surface area (Å²) in [5.41, 5.74) is 0.749. The minimum atomic E-state index is -0.498. The molecule has 0 atom stereocenters. The molecule has 5 nitrogen and oxygen atoms in total. The van der Waals surface area contributed by atoms with Crippen molar-refractivity contribution in [2.75, 3.05) is 7.11 Å². The Hall–Kier alpha value is -3.35. The lowest BCUT2D eigenvalue weighted by atomic mass is 10.2. The zero-order chi connectivity index (χ0) is 18.9. The quantitative estimate of drug-likeness (QED) is 0.618. The van der Waals surface area contributed by atoms with Gasteiger partial charge in [-0.3, -0.25) is 0 Å². The van der Waals surface area contributed by atoms with Crippen LogP contribution in [0.2, 0.25) is 5.02 Å². The maximum Gasteiger partial charge on any atom is 0.174 e. The summed E-state index contributed by atoms with van der Waals surface area (Å²) < 4.78 is 18.9. The van der Waals surface area contributed by atoms with E-state index in [0.717, 1.165) is 5.56 Å². The average molecular weight is 369 g/mol. The van der Waals surface area contributed by atoms with E-state index in [2.05, 4.69) is 10.3 Å². The molecule has 0 aliphatic rings. The van der Waals surface area contributed by atoms with Crippen LogP contribution in [0.3, 0.4) is 0 Å². The summed E-state index contributed by atoms with van der Waals surface area (Å²) in [4.78, 5) is 4.04. The number of hydrogen-bond donors (Lipinski definition) is 1. The molecule has 0 heterocycles. The second kappa shape index (κ2) is 9.22. The first-order valence-corrected chi connectivity index (χ1v) is 7.86. The lowest BCUT2D eigenvalue weighted by Crippen LogP contribution is -2.14. The molecule has 0 unspecified atom stereocenters. The molecule has 2 aromatic carbocycles. The van der Waals surface area contributed by atoms with Crippen molar-refractivity contribution in [1.29, 1.82) is 10.5 Å². The normalized spacial score (nSPS) is 11.4. The molecular weight excluding hydrogens is 355 g/mol. The van der Waals surface area contributed by atoms with Crippen molar-refractivity contribution in [1.82, 2.24) is 5.32 Å². The van der Waals surface area contributed by atoms with Gasteiger partial charge in [0.1, 0.15) is 23.7 Å². The third kappa shape index (κ3) is 4.83. The molecule has 0 aliphatic carbocycles. The Morgan fingerprint density at radius 2 is 1.96 bits per heavy atom. The number of nitriles is 2. The number of methoxy groups -OCH3 is 1. The van der Waals surface area contributed by atoms with Crippen LogP contribution in [0.5, 0.6) is 5.75 Å². The number of aliphatic imine (C=N–C) groups is 1. The molecule has 7 heteroatoms. The summed E-state index contributed by atoms with van der Waals surface area (Å²) >= 11 is 5.95. The van der Waals surface area contributed by atoms with E-state index >= 15 is 0 Å². The summed E-state index contributed by atoms with van der Waals surface area (Å²) in [6.45, 7) is -0.0440. The van der Waals surface area contributed by atoms with Crippen molar-refractivity contribution >= 4 is 17.8 Å². The SMILES string of the molecule is COc1ccc(C=NC(C#N)=C(C#N)NCc2c(F)cccc2Cl)cc1. The lowest BCUT2D eigenvalue weighted by molar-refractivity contribution is 0.415. The molecule has 0 aromatic heterocycles. The molecule has 2 aromatic rings. The maximum absolute atomic E-state index is 13.8. The zero-order valence-electron chi connectivity index (χ0n) is 13.8. The van der Waals surface area contributed by atoms with E-state index in [-0.39, 0.29) is 28.5 Å². The Bertz CT molecular complexity index is 904. The van der Waals surface area contributed by atoms with Crippen molar-refractivity contribution in [3.05, 3.63) is 75.8 Å². The standard InChI is InChI=1S/C19H14ClFN4O/c1-26-14-7-5-13(6-8-14)11-24-18(9-22)19(10-23)25-12-15-16(20)3-2-4-17(15)21/h2-8,11,25H,12H2,1H3. The molecule has 0 bridgehead atoms. The predicted octanol–water partition coefficient (Wildman–Crippen LogP) is 3.96. The highest BCUT2D eigenvalue weighted by atomic mass is 35.5. The minimum Gasteiger partial charge on any atom is -0.497 e. The predicted molar refractivity (Wildman–Crippen MR) is 97.1 cm³/mol. The smallest absolute Gasteiger partial charge is 0.174 e. The summed E-state index contributed by atoms with van der Waals surface area (Å²) in [5, 5.41) is 21.5. The molecule has 26 heavy (non-hydrogen) atoms. The van der Waals surface area contributed by atoms with Crippen LogP contribution in [0.4, 0.5) is 4.39 Å². The van der Waals surface area contributed by atoms with Gasteiger partial charge in [-0.1, -0.05) is 17.7 Å². The van der Waals surface area contributed by atoms with Crippen LogP contribution < -0.4 is 10.1 Å². The third-order valence-electron chi connectivity index (χ3n) is 3.42. The zero-order valence-corrected chi connectivity index (χ0v) is 14.6. The summed E-state index contributed by atoms with van der Waals surface area (Å²) in [5.74, 6) is 0.196. The Kier molecular flexibility index (Phi) is 6.73. The van der Waals surface area contributed by atoms with Crippen LogP contribution >= 0.6 is 11.6 Å². The number of nitrogens with one attached hydrogen (secondary N) is 1. The van der Waals surface area contributed by atoms with Crippen molar-refractivity contribution in [2.24, 2.45) is 4.99 Å². The van der Waals surface area contributed by atoms with Gasteiger partial charge >= 0.3 is 0 Å². The molecular formula is C19H14ClFN4O. The van der Waals surface area contributed by atoms with Gasteiger partial charge < -0.3 is 10.1 Å². The van der Waals surface area contributed by atoms with Crippen LogP contribution in [0.25, 0.3) is 0 Å². The topological polar surface area (TPSA) is 81.2 Å². The van der Waals surface area contributed by atoms with Gasteiger partial charge in [0.05, 0.1) is 7.11 Å². The number of benzene rings is 2. The maximum atomic E-state index is 13.8. The first kappa shape index (κ1) is 19.0. The Morgan fingerprint density at radius 1 is 1.23 bits per heavy atom. The highest BCUT2D eigenvalue weighted by Crippen LogP contribution is 2.19. The molecule has 0 fully saturated rings. The monoisotopic (exact) mass is 368 g/mol. The molecule has 0 radical (unpaired) electrons. The van der Waals surface area contributed by atoms with Gasteiger partial charge in [0.25, 0.3) is 0 Å². The van der Waals surface area contributed by atoms with E-state index in [4.69, 9.17) is 16.3 Å². The highest BCUT2D eigenvalue weighted by Gasteiger charge is 2.10. The van der Waals surface area contributed by atoms with Crippen molar-refractivity contribution in [2.45, 2.75) is 6.54 Å². The molecule has 0 aliphatic heterocycles. The van der Waals surface area contributed by atoms with Crippen LogP contribution in [-0.4, -0.2) is 13.3 Å². The first-order valence-electron chi connectivity index (χ1n) is 7.48. The fraction of sp³-hybridized carbons (Fsp3) is 0.105. The Balaban J connectivity index is 2.20. The molecule has 1 N–H and O–H groups in total. The fourth-order valence-electron chi connectivity index (χ4n) is 2.03. The number of allylic oxidation sites excluding steroid dienone is 2. The van der Waals surface area contributed by atoms with E-state index < -0.39 is 5.82 Å². The van der Waals surface area contributed by atoms with Crippen LogP contribution in [0.15, 0.2) is 58.9 Å². The van der Waals surface area contributed by atoms with Gasteiger partial charge in [0, 0.05) is 23.3 Å². The van der Waals surface area contributed by atoms with Gasteiger partial charge in [-0.25, -0.2) is 9.38 Å². The summed E-state index contributed by atoms with van der Waals surface area (Å²) in [6, 6.07) is 15.0. The molecule has 0 saturated heterocycles. The fourth-order valence-corrected chi connectivity index (χ4v) is 2.26. The Morgan fingerprint density at radius 3 is 2.54 bits per heavy atom. The minimum absolute atomic E-state index is 0.0440. The van der Waals surface area contributed by atoms with E-state index in [1.165, 1.54) is 18.3 Å². The average Bonchev–Trinajstić information content (AvgIpc) is 2.66. The third-order valence-corrected chi connectivity index (χ3v) is 3.77. The largest absolute Gasteiger partial charge is 0.497 e. The van der Waals surface area contributed by atoms with Crippen LogP contribution in [-0.2, 0) is 6.54 Å². The molecule has 0 saturated carbocycles. The van der Waals surface area contributed by atoms with E-state index in [1.807, 2.05) is 12.1 Å². The number of rotatable bonds is 6. The second-order valence-corrected chi connectivity index (χ2v) is 5.44. The molecule has 0 amide bonds. The molecule has 2 rings (SSSR count). The van der Waals surface area contributed by atoms with Crippen LogP contribution in [0.1, 0.15) is 11.1 Å². The lowest BCUT2D eigenvalue weighted by Gasteiger charge is -2.08. The molecule has 130 valence electrons. The van der Waals surface area contributed by atoms with Crippen LogP contribution in [0, 0.1) is 28.5 Å². The van der Waals surface area contributed by atoms with Crippen molar-refractivity contribution in [3.63, 3.8) is 0 Å². The summed E-state index contributed by atoms with van der Waals surface area (Å²) in [7, 11) is 1.56.